The van der Waals surface area contributed by atoms with E-state index in [1.165, 1.54) is 9.08 Å². The minimum absolute atomic E-state index is 0.180. The van der Waals surface area contributed by atoms with Crippen molar-refractivity contribution < 1.29 is 9.47 Å². The van der Waals surface area contributed by atoms with Crippen LogP contribution in [-0.4, -0.2) is 104 Å². The zero-order valence-electron chi connectivity index (χ0n) is 22.2. The molecule has 11 heteroatoms. The van der Waals surface area contributed by atoms with Crippen LogP contribution in [0.1, 0.15) is 12.1 Å². The molecule has 0 aliphatic carbocycles. The Bertz CT molecular complexity index is 1540. The molecule has 2 aromatic heterocycles. The van der Waals surface area contributed by atoms with Gasteiger partial charge in [0.1, 0.15) is 5.69 Å². The van der Waals surface area contributed by atoms with Gasteiger partial charge in [0, 0.05) is 91.2 Å². The van der Waals surface area contributed by atoms with Crippen molar-refractivity contribution in [1.82, 2.24) is 24.8 Å². The molecule has 6 heterocycles. The van der Waals surface area contributed by atoms with Crippen molar-refractivity contribution >= 4 is 47.2 Å². The quantitative estimate of drug-likeness (QED) is 0.247. The number of piperazine rings is 1. The second-order valence-corrected chi connectivity index (χ2v) is 13.1. The molecule has 10 nitrogen and oxygen atoms in total. The molecular weight excluding hydrogens is 619 g/mol. The van der Waals surface area contributed by atoms with Gasteiger partial charge in [-0.25, -0.2) is 15.0 Å². The van der Waals surface area contributed by atoms with Gasteiger partial charge in [0.2, 0.25) is 4.23 Å². The molecule has 2 saturated heterocycles. The van der Waals surface area contributed by atoms with Crippen LogP contribution in [0.5, 0.6) is 5.75 Å². The van der Waals surface area contributed by atoms with Crippen molar-refractivity contribution in [3.63, 3.8) is 0 Å². The van der Waals surface area contributed by atoms with Crippen molar-refractivity contribution in [2.75, 3.05) is 70.5 Å². The fourth-order valence-corrected chi connectivity index (χ4v) is 8.13. The SMILES string of the molecule is N#CCCN1CCN(CC2=CC3=IC(N=C2)Oc2c3nc(-c3cccc4[nH]ccc34)nc2N2CCOCC2)CC1. The fraction of sp³-hybridized carbons (Fsp3) is 0.414. The van der Waals surface area contributed by atoms with E-state index in [1.54, 1.807) is 0 Å². The van der Waals surface area contributed by atoms with Gasteiger partial charge in [-0.1, -0.05) is 12.1 Å². The number of aliphatic imine (C=N–C) groups is 1. The number of nitrogens with zero attached hydrogens (tertiary/aromatic N) is 7. The number of anilines is 1. The fourth-order valence-electron chi connectivity index (χ4n) is 5.61. The molecule has 206 valence electrons. The molecule has 0 saturated carbocycles. The van der Waals surface area contributed by atoms with Crippen molar-refractivity contribution in [2.45, 2.75) is 10.7 Å². The molecule has 40 heavy (non-hydrogen) atoms. The Morgan fingerprint density at radius 3 is 2.75 bits per heavy atom. The lowest BCUT2D eigenvalue weighted by Crippen LogP contribution is -2.47. The van der Waals surface area contributed by atoms with Crippen molar-refractivity contribution in [3.05, 3.63) is 47.8 Å². The van der Waals surface area contributed by atoms with Gasteiger partial charge in [0.05, 0.1) is 19.3 Å². The maximum Gasteiger partial charge on any atom is 0.236 e. The molecule has 4 aliphatic heterocycles. The van der Waals surface area contributed by atoms with Gasteiger partial charge in [0.15, 0.2) is 17.4 Å². The van der Waals surface area contributed by atoms with E-state index in [1.807, 2.05) is 12.4 Å². The van der Waals surface area contributed by atoms with Gasteiger partial charge < -0.3 is 19.4 Å². The number of hydrogen-bond acceptors (Lipinski definition) is 9. The first-order valence-corrected chi connectivity index (χ1v) is 16.1. The van der Waals surface area contributed by atoms with E-state index in [0.29, 0.717) is 19.6 Å². The first-order valence-electron chi connectivity index (χ1n) is 13.8. The minimum atomic E-state index is -0.527. The highest BCUT2D eigenvalue weighted by molar-refractivity contribution is 14.2. The summed E-state index contributed by atoms with van der Waals surface area (Å²) in [5, 5.41) is 10.0. The van der Waals surface area contributed by atoms with Crippen LogP contribution in [0.4, 0.5) is 5.82 Å². The third kappa shape index (κ3) is 5.16. The third-order valence-corrected chi connectivity index (χ3v) is 10.3. The number of aromatic nitrogens is 3. The standard InChI is InChI=1S/C29H31IN8O2/c31-6-2-8-36-9-11-37(12-10-36)19-20-17-23-25-26(40-29(30-23)33-18-20)28(38-13-15-39-16-14-38)35-27(34-25)22-3-1-4-24-21(22)5-7-32-24/h1,3-5,7,17-18,29,32H,2,8-16,19H2. The largest absolute Gasteiger partial charge is 0.454 e. The summed E-state index contributed by atoms with van der Waals surface area (Å²) in [6.07, 6.45) is 6.88. The lowest BCUT2D eigenvalue weighted by Gasteiger charge is -2.34. The summed E-state index contributed by atoms with van der Waals surface area (Å²) in [4.78, 5) is 25.6. The lowest BCUT2D eigenvalue weighted by molar-refractivity contribution is 0.122. The summed E-state index contributed by atoms with van der Waals surface area (Å²) < 4.78 is 13.3. The van der Waals surface area contributed by atoms with Gasteiger partial charge in [-0.2, -0.15) is 5.26 Å². The van der Waals surface area contributed by atoms with Gasteiger partial charge in [-0.3, -0.25) is 9.80 Å². The maximum atomic E-state index is 8.91. The predicted octanol–water partition coefficient (Wildman–Crippen LogP) is 3.17. The highest BCUT2D eigenvalue weighted by Crippen LogP contribution is 2.41. The third-order valence-electron chi connectivity index (χ3n) is 7.73. The molecule has 1 atom stereocenters. The zero-order valence-corrected chi connectivity index (χ0v) is 24.4. The smallest absolute Gasteiger partial charge is 0.236 e. The number of nitriles is 1. The molecule has 7 rings (SSSR count). The molecular formula is C29H31IN8O2. The number of ether oxygens (including phenoxy) is 2. The number of hydrogen-bond donors (Lipinski definition) is 1. The van der Waals surface area contributed by atoms with Crippen LogP contribution >= 0.6 is 20.7 Å². The Kier molecular flexibility index (Phi) is 7.32. The molecule has 1 unspecified atom stereocenters. The van der Waals surface area contributed by atoms with Crippen molar-refractivity contribution in [3.8, 4) is 23.2 Å². The molecule has 1 aromatic carbocycles. The monoisotopic (exact) mass is 650 g/mol. The van der Waals surface area contributed by atoms with E-state index in [4.69, 9.17) is 29.7 Å². The Hall–Kier alpha value is -3.18. The Balaban J connectivity index is 1.23. The van der Waals surface area contributed by atoms with Crippen molar-refractivity contribution in [2.24, 2.45) is 4.99 Å². The van der Waals surface area contributed by atoms with Crippen LogP contribution in [0.25, 0.3) is 22.3 Å². The van der Waals surface area contributed by atoms with E-state index < -0.39 is 20.7 Å². The number of morpholine rings is 1. The first kappa shape index (κ1) is 25.8. The zero-order chi connectivity index (χ0) is 26.9. The molecule has 0 spiro atoms. The van der Waals surface area contributed by atoms with Gasteiger partial charge >= 0.3 is 0 Å². The molecule has 2 fully saturated rings. The number of alkyl halides is 1. The highest BCUT2D eigenvalue weighted by Gasteiger charge is 2.31. The summed E-state index contributed by atoms with van der Waals surface area (Å²) in [6, 6.07) is 10.6. The van der Waals surface area contributed by atoms with E-state index in [9.17, 15) is 0 Å². The summed E-state index contributed by atoms with van der Waals surface area (Å²) in [5.41, 5.74) is 4.19. The normalized spacial score (nSPS) is 21.5. The number of H-pyrrole nitrogens is 1. The first-order chi connectivity index (χ1) is 19.7. The average molecular weight is 651 g/mol. The molecule has 0 radical (unpaired) electrons. The van der Waals surface area contributed by atoms with Gasteiger partial charge in [-0.15, -0.1) is 0 Å². The number of fused-ring (bicyclic) bond motifs is 4. The van der Waals surface area contributed by atoms with Crippen LogP contribution in [0.3, 0.4) is 0 Å². The Labute approximate surface area is 243 Å². The summed E-state index contributed by atoms with van der Waals surface area (Å²) in [7, 11) is 0. The second kappa shape index (κ2) is 11.4. The number of allylic oxidation sites excluding steroid dienone is 1. The van der Waals surface area contributed by atoms with E-state index in [2.05, 4.69) is 56.1 Å². The lowest BCUT2D eigenvalue weighted by atomic mass is 10.1. The van der Waals surface area contributed by atoms with Crippen molar-refractivity contribution in [1.29, 1.82) is 5.26 Å². The molecule has 4 aliphatic rings. The summed E-state index contributed by atoms with van der Waals surface area (Å²) in [5.74, 6) is 2.30. The van der Waals surface area contributed by atoms with Crippen LogP contribution in [0, 0.1) is 11.3 Å². The topological polar surface area (TPSA) is 106 Å². The number of aromatic amines is 1. The number of rotatable bonds is 6. The summed E-state index contributed by atoms with van der Waals surface area (Å²) >= 11 is -0.527. The Morgan fingerprint density at radius 2 is 1.90 bits per heavy atom. The van der Waals surface area contributed by atoms with Crippen LogP contribution in [0.15, 0.2) is 47.1 Å². The summed E-state index contributed by atoms with van der Waals surface area (Å²) in [6.45, 7) is 8.54. The van der Waals surface area contributed by atoms with E-state index in [-0.39, 0.29) is 4.23 Å². The van der Waals surface area contributed by atoms with Gasteiger partial charge in [0.25, 0.3) is 0 Å². The number of halogens is 1. The van der Waals surface area contributed by atoms with E-state index >= 15 is 0 Å². The van der Waals surface area contributed by atoms with Gasteiger partial charge in [-0.05, 0) is 44.5 Å². The van der Waals surface area contributed by atoms with E-state index in [0.717, 1.165) is 91.9 Å². The maximum absolute atomic E-state index is 8.91. The molecule has 1 N–H and O–H groups in total. The highest BCUT2D eigenvalue weighted by atomic mass is 127. The molecule has 2 bridgehead atoms. The number of benzene rings is 1. The molecule has 0 amide bonds. The minimum Gasteiger partial charge on any atom is -0.454 e. The van der Waals surface area contributed by atoms with Crippen LogP contribution < -0.4 is 9.64 Å². The predicted molar refractivity (Wildman–Crippen MR) is 165 cm³/mol. The number of nitrogens with one attached hydrogen (secondary N) is 1. The molecule has 3 aromatic rings. The van der Waals surface area contributed by atoms with Crippen LogP contribution in [0.2, 0.25) is 0 Å². The Morgan fingerprint density at radius 1 is 1.05 bits per heavy atom. The average Bonchev–Trinajstić information content (AvgIpc) is 3.42. The van der Waals surface area contributed by atoms with Crippen LogP contribution in [-0.2, 0) is 4.74 Å². The second-order valence-electron chi connectivity index (χ2n) is 10.3.